The van der Waals surface area contributed by atoms with Crippen molar-refractivity contribution in [3.63, 3.8) is 0 Å². The first-order valence-corrected chi connectivity index (χ1v) is 7.48. The Kier molecular flexibility index (Phi) is 7.46. The third-order valence-electron chi connectivity index (χ3n) is 3.41. The average molecular weight is 291 g/mol. The fourth-order valence-corrected chi connectivity index (χ4v) is 2.17. The highest BCUT2D eigenvalue weighted by Crippen LogP contribution is 2.05. The van der Waals surface area contributed by atoms with Gasteiger partial charge in [0.15, 0.2) is 0 Å². The maximum absolute atomic E-state index is 12.4. The molecule has 0 bridgehead atoms. The van der Waals surface area contributed by atoms with Crippen molar-refractivity contribution in [1.29, 1.82) is 0 Å². The maximum atomic E-state index is 12.4. The Morgan fingerprint density at radius 2 is 1.81 bits per heavy atom. The molecule has 0 spiro atoms. The van der Waals surface area contributed by atoms with E-state index in [2.05, 4.69) is 5.32 Å². The van der Waals surface area contributed by atoms with Crippen molar-refractivity contribution >= 4 is 11.8 Å². The molecular weight excluding hydrogens is 266 g/mol. The van der Waals surface area contributed by atoms with Gasteiger partial charge in [-0.05, 0) is 45.4 Å². The van der Waals surface area contributed by atoms with E-state index in [0.29, 0.717) is 38.0 Å². The summed E-state index contributed by atoms with van der Waals surface area (Å²) < 4.78 is 0. The summed E-state index contributed by atoms with van der Waals surface area (Å²) >= 11 is 0. The van der Waals surface area contributed by atoms with Crippen LogP contribution in [0.2, 0.25) is 0 Å². The zero-order valence-electron chi connectivity index (χ0n) is 12.8. The first-order valence-electron chi connectivity index (χ1n) is 7.48. The molecule has 0 heterocycles. The molecule has 1 rings (SSSR count). The van der Waals surface area contributed by atoms with Gasteiger partial charge < -0.3 is 16.0 Å². The zero-order chi connectivity index (χ0) is 15.7. The van der Waals surface area contributed by atoms with Crippen molar-refractivity contribution in [3.8, 4) is 0 Å². The molecule has 0 aromatic heterocycles. The Labute approximate surface area is 126 Å². The molecule has 3 N–H and O–H groups in total. The first-order chi connectivity index (χ1) is 10.1. The van der Waals surface area contributed by atoms with Gasteiger partial charge in [0.25, 0.3) is 5.91 Å². The largest absolute Gasteiger partial charge is 0.341 e. The van der Waals surface area contributed by atoms with Crippen molar-refractivity contribution in [2.45, 2.75) is 32.7 Å². The SMILES string of the molecule is CCN(CC)C(=O)C(CCCN)NC(=O)c1ccccc1. The summed E-state index contributed by atoms with van der Waals surface area (Å²) in [5.74, 6) is -0.268. The van der Waals surface area contributed by atoms with Crippen molar-refractivity contribution in [2.75, 3.05) is 19.6 Å². The minimum Gasteiger partial charge on any atom is -0.341 e. The number of rotatable bonds is 8. The van der Waals surface area contributed by atoms with Gasteiger partial charge in [-0.15, -0.1) is 0 Å². The predicted molar refractivity (Wildman–Crippen MR) is 83.9 cm³/mol. The molecule has 116 valence electrons. The number of likely N-dealkylation sites (N-methyl/N-ethyl adjacent to an activating group) is 1. The number of nitrogens with zero attached hydrogens (tertiary/aromatic N) is 1. The van der Waals surface area contributed by atoms with Crippen LogP contribution in [0.5, 0.6) is 0 Å². The predicted octanol–water partition coefficient (Wildman–Crippen LogP) is 1.39. The van der Waals surface area contributed by atoms with Gasteiger partial charge in [-0.25, -0.2) is 0 Å². The lowest BCUT2D eigenvalue weighted by molar-refractivity contribution is -0.133. The lowest BCUT2D eigenvalue weighted by Crippen LogP contribution is -2.48. The van der Waals surface area contributed by atoms with E-state index in [1.54, 1.807) is 29.2 Å². The van der Waals surface area contributed by atoms with Crippen molar-refractivity contribution < 1.29 is 9.59 Å². The highest BCUT2D eigenvalue weighted by molar-refractivity contribution is 5.97. The van der Waals surface area contributed by atoms with Crippen LogP contribution in [0.15, 0.2) is 30.3 Å². The number of carbonyl (C=O) groups excluding carboxylic acids is 2. The van der Waals surface area contributed by atoms with Gasteiger partial charge in [0.05, 0.1) is 0 Å². The first kappa shape index (κ1) is 17.2. The molecule has 21 heavy (non-hydrogen) atoms. The number of hydrogen-bond donors (Lipinski definition) is 2. The Bertz CT molecular complexity index is 444. The van der Waals surface area contributed by atoms with Crippen LogP contribution < -0.4 is 11.1 Å². The molecular formula is C16H25N3O2. The second-order valence-corrected chi connectivity index (χ2v) is 4.83. The molecule has 0 saturated heterocycles. The second kappa shape index (κ2) is 9.13. The van der Waals surface area contributed by atoms with Crippen LogP contribution >= 0.6 is 0 Å². The number of nitrogens with one attached hydrogen (secondary N) is 1. The van der Waals surface area contributed by atoms with Crippen LogP contribution in [-0.4, -0.2) is 42.4 Å². The van der Waals surface area contributed by atoms with Crippen LogP contribution in [0.3, 0.4) is 0 Å². The Balaban J connectivity index is 2.78. The molecule has 5 heteroatoms. The van der Waals surface area contributed by atoms with Gasteiger partial charge >= 0.3 is 0 Å². The number of carbonyl (C=O) groups is 2. The van der Waals surface area contributed by atoms with Crippen molar-refractivity contribution in [2.24, 2.45) is 5.73 Å². The lowest BCUT2D eigenvalue weighted by atomic mass is 10.1. The summed E-state index contributed by atoms with van der Waals surface area (Å²) in [6.07, 6.45) is 1.26. The summed E-state index contributed by atoms with van der Waals surface area (Å²) in [4.78, 5) is 26.4. The van der Waals surface area contributed by atoms with Crippen LogP contribution in [0, 0.1) is 0 Å². The molecule has 0 saturated carbocycles. The van der Waals surface area contributed by atoms with Crippen molar-refractivity contribution in [1.82, 2.24) is 10.2 Å². The van der Waals surface area contributed by atoms with E-state index < -0.39 is 6.04 Å². The minimum absolute atomic E-state index is 0.0438. The highest BCUT2D eigenvalue weighted by Gasteiger charge is 2.24. The Morgan fingerprint density at radius 3 is 2.33 bits per heavy atom. The summed E-state index contributed by atoms with van der Waals surface area (Å²) in [6, 6.07) is 8.41. The third kappa shape index (κ3) is 5.19. The molecule has 1 aromatic rings. The molecule has 2 amide bonds. The van der Waals surface area contributed by atoms with E-state index in [9.17, 15) is 9.59 Å². The fourth-order valence-electron chi connectivity index (χ4n) is 2.17. The third-order valence-corrected chi connectivity index (χ3v) is 3.41. The van der Waals surface area contributed by atoms with E-state index in [1.165, 1.54) is 0 Å². The number of hydrogen-bond acceptors (Lipinski definition) is 3. The molecule has 0 aliphatic heterocycles. The lowest BCUT2D eigenvalue weighted by Gasteiger charge is -2.25. The summed E-state index contributed by atoms with van der Waals surface area (Å²) in [5.41, 5.74) is 6.08. The fraction of sp³-hybridized carbons (Fsp3) is 0.500. The summed E-state index contributed by atoms with van der Waals surface area (Å²) in [6.45, 7) is 5.63. The smallest absolute Gasteiger partial charge is 0.251 e. The van der Waals surface area contributed by atoms with Gasteiger partial charge in [0.1, 0.15) is 6.04 Å². The second-order valence-electron chi connectivity index (χ2n) is 4.83. The average Bonchev–Trinajstić information content (AvgIpc) is 2.53. The monoisotopic (exact) mass is 291 g/mol. The topological polar surface area (TPSA) is 75.4 Å². The molecule has 1 unspecified atom stereocenters. The van der Waals surface area contributed by atoms with Gasteiger partial charge in [0, 0.05) is 18.7 Å². The summed E-state index contributed by atoms with van der Waals surface area (Å²) in [7, 11) is 0. The van der Waals surface area contributed by atoms with Gasteiger partial charge in [-0.3, -0.25) is 9.59 Å². The van der Waals surface area contributed by atoms with Gasteiger partial charge in [-0.2, -0.15) is 0 Å². The standard InChI is InChI=1S/C16H25N3O2/c1-3-19(4-2)16(21)14(11-8-12-17)18-15(20)13-9-6-5-7-10-13/h5-7,9-10,14H,3-4,8,11-12,17H2,1-2H3,(H,18,20). The zero-order valence-corrected chi connectivity index (χ0v) is 12.8. The Hall–Kier alpha value is -1.88. The van der Waals surface area contributed by atoms with Crippen LogP contribution in [0.1, 0.15) is 37.0 Å². The van der Waals surface area contributed by atoms with Crippen LogP contribution in [0.4, 0.5) is 0 Å². The normalized spacial score (nSPS) is 11.8. The van der Waals surface area contributed by atoms with E-state index >= 15 is 0 Å². The molecule has 1 atom stereocenters. The van der Waals surface area contributed by atoms with E-state index in [1.807, 2.05) is 19.9 Å². The highest BCUT2D eigenvalue weighted by atomic mass is 16.2. The number of nitrogens with two attached hydrogens (primary N) is 1. The van der Waals surface area contributed by atoms with Gasteiger partial charge in [0.2, 0.25) is 5.91 Å². The molecule has 0 fully saturated rings. The van der Waals surface area contributed by atoms with E-state index in [-0.39, 0.29) is 11.8 Å². The molecule has 0 radical (unpaired) electrons. The minimum atomic E-state index is -0.513. The van der Waals surface area contributed by atoms with Gasteiger partial charge in [-0.1, -0.05) is 18.2 Å². The maximum Gasteiger partial charge on any atom is 0.251 e. The number of amides is 2. The van der Waals surface area contributed by atoms with Crippen LogP contribution in [0.25, 0.3) is 0 Å². The van der Waals surface area contributed by atoms with E-state index in [0.717, 1.165) is 0 Å². The molecule has 5 nitrogen and oxygen atoms in total. The molecule has 0 aliphatic carbocycles. The van der Waals surface area contributed by atoms with Crippen molar-refractivity contribution in [3.05, 3.63) is 35.9 Å². The van der Waals surface area contributed by atoms with Crippen LogP contribution in [-0.2, 0) is 4.79 Å². The Morgan fingerprint density at radius 1 is 1.19 bits per heavy atom. The van der Waals surface area contributed by atoms with E-state index in [4.69, 9.17) is 5.73 Å². The molecule has 0 aliphatic rings. The molecule has 1 aromatic carbocycles. The quantitative estimate of drug-likeness (QED) is 0.760. The summed E-state index contributed by atoms with van der Waals surface area (Å²) in [5, 5.41) is 2.83. The number of benzene rings is 1.